The average molecular weight is 414 g/mol. The SMILES string of the molecule is Oc1ccc2c(c1)[C@H](c1ccc(CCN3CCCCC3)cc1)[C@H](c1ccccc1)CO2. The van der Waals surface area contributed by atoms with Crippen LogP contribution in [0.5, 0.6) is 11.5 Å². The molecule has 160 valence electrons. The first-order chi connectivity index (χ1) is 15.3. The highest BCUT2D eigenvalue weighted by Gasteiger charge is 2.33. The molecular weight excluding hydrogens is 382 g/mol. The second-order valence-corrected chi connectivity index (χ2v) is 8.92. The van der Waals surface area contributed by atoms with E-state index in [-0.39, 0.29) is 11.8 Å². The van der Waals surface area contributed by atoms with Crippen molar-refractivity contribution < 1.29 is 9.84 Å². The topological polar surface area (TPSA) is 32.7 Å². The lowest BCUT2D eigenvalue weighted by Crippen LogP contribution is -2.31. The number of nitrogens with zero attached hydrogens (tertiary/aromatic N) is 1. The largest absolute Gasteiger partial charge is 0.508 e. The first-order valence-corrected chi connectivity index (χ1v) is 11.6. The molecule has 3 aromatic rings. The molecule has 0 aromatic heterocycles. The molecule has 0 radical (unpaired) electrons. The Balaban J connectivity index is 1.42. The lowest BCUT2D eigenvalue weighted by molar-refractivity contribution is 0.231. The van der Waals surface area contributed by atoms with Gasteiger partial charge in [0.2, 0.25) is 0 Å². The minimum Gasteiger partial charge on any atom is -0.508 e. The number of aromatic hydroxyl groups is 1. The Morgan fingerprint density at radius 1 is 0.839 bits per heavy atom. The van der Waals surface area contributed by atoms with Crippen LogP contribution in [0.4, 0.5) is 0 Å². The second-order valence-electron chi connectivity index (χ2n) is 8.92. The summed E-state index contributed by atoms with van der Waals surface area (Å²) in [7, 11) is 0. The summed E-state index contributed by atoms with van der Waals surface area (Å²) in [6.07, 6.45) is 5.18. The molecule has 2 atom stereocenters. The highest BCUT2D eigenvalue weighted by molar-refractivity contribution is 5.50. The summed E-state index contributed by atoms with van der Waals surface area (Å²) < 4.78 is 6.11. The van der Waals surface area contributed by atoms with Gasteiger partial charge >= 0.3 is 0 Å². The molecule has 0 amide bonds. The Hall–Kier alpha value is -2.78. The van der Waals surface area contributed by atoms with Gasteiger partial charge in [-0.15, -0.1) is 0 Å². The molecule has 0 aliphatic carbocycles. The van der Waals surface area contributed by atoms with Crippen molar-refractivity contribution in [2.75, 3.05) is 26.2 Å². The number of piperidine rings is 1. The summed E-state index contributed by atoms with van der Waals surface area (Å²) in [5.41, 5.74) is 5.02. The smallest absolute Gasteiger partial charge is 0.123 e. The molecule has 2 aliphatic rings. The molecule has 0 bridgehead atoms. The Morgan fingerprint density at radius 3 is 2.39 bits per heavy atom. The molecule has 0 saturated carbocycles. The summed E-state index contributed by atoms with van der Waals surface area (Å²) in [6.45, 7) is 4.29. The van der Waals surface area contributed by atoms with Crippen LogP contribution in [0, 0.1) is 0 Å². The molecule has 0 spiro atoms. The van der Waals surface area contributed by atoms with E-state index in [0.29, 0.717) is 12.4 Å². The van der Waals surface area contributed by atoms with E-state index in [4.69, 9.17) is 4.74 Å². The lowest BCUT2D eigenvalue weighted by Gasteiger charge is -2.34. The van der Waals surface area contributed by atoms with Gasteiger partial charge in [-0.1, -0.05) is 61.0 Å². The summed E-state index contributed by atoms with van der Waals surface area (Å²) in [5, 5.41) is 10.2. The zero-order chi connectivity index (χ0) is 21.0. The lowest BCUT2D eigenvalue weighted by atomic mass is 9.75. The van der Waals surface area contributed by atoms with E-state index in [1.807, 2.05) is 12.1 Å². The van der Waals surface area contributed by atoms with Crippen molar-refractivity contribution in [1.82, 2.24) is 4.90 Å². The summed E-state index contributed by atoms with van der Waals surface area (Å²) in [5.74, 6) is 1.55. The molecular formula is C28H31NO2. The fraction of sp³-hybridized carbons (Fsp3) is 0.357. The van der Waals surface area contributed by atoms with Crippen LogP contribution >= 0.6 is 0 Å². The second kappa shape index (κ2) is 9.15. The van der Waals surface area contributed by atoms with Crippen molar-refractivity contribution in [3.8, 4) is 11.5 Å². The van der Waals surface area contributed by atoms with E-state index in [1.54, 1.807) is 6.07 Å². The third kappa shape index (κ3) is 4.47. The van der Waals surface area contributed by atoms with E-state index >= 15 is 0 Å². The van der Waals surface area contributed by atoms with Gasteiger partial charge in [-0.05, 0) is 67.2 Å². The molecule has 31 heavy (non-hydrogen) atoms. The number of fused-ring (bicyclic) bond motifs is 1. The maximum absolute atomic E-state index is 10.2. The quantitative estimate of drug-likeness (QED) is 0.580. The Labute approximate surface area is 185 Å². The van der Waals surface area contributed by atoms with E-state index < -0.39 is 0 Å². The first-order valence-electron chi connectivity index (χ1n) is 11.6. The molecule has 2 heterocycles. The van der Waals surface area contributed by atoms with Crippen LogP contribution in [0.2, 0.25) is 0 Å². The van der Waals surface area contributed by atoms with Gasteiger partial charge < -0.3 is 14.7 Å². The van der Waals surface area contributed by atoms with Crippen molar-refractivity contribution in [2.24, 2.45) is 0 Å². The molecule has 1 saturated heterocycles. The monoisotopic (exact) mass is 413 g/mol. The third-order valence-corrected chi connectivity index (χ3v) is 6.88. The van der Waals surface area contributed by atoms with Gasteiger partial charge in [0.1, 0.15) is 11.5 Å². The van der Waals surface area contributed by atoms with Crippen LogP contribution < -0.4 is 4.74 Å². The molecule has 1 fully saturated rings. The van der Waals surface area contributed by atoms with Gasteiger partial charge in [0.05, 0.1) is 6.61 Å². The van der Waals surface area contributed by atoms with Gasteiger partial charge in [-0.25, -0.2) is 0 Å². The van der Waals surface area contributed by atoms with Crippen molar-refractivity contribution in [3.05, 3.63) is 95.1 Å². The fourth-order valence-electron chi connectivity index (χ4n) is 5.17. The average Bonchev–Trinajstić information content (AvgIpc) is 2.83. The van der Waals surface area contributed by atoms with E-state index in [2.05, 4.69) is 59.5 Å². The van der Waals surface area contributed by atoms with Gasteiger partial charge in [-0.3, -0.25) is 0 Å². The number of rotatable bonds is 5. The molecule has 5 rings (SSSR count). The fourth-order valence-corrected chi connectivity index (χ4v) is 5.17. The van der Waals surface area contributed by atoms with Crippen molar-refractivity contribution in [2.45, 2.75) is 37.5 Å². The standard InChI is InChI=1S/C28H31NO2/c30-24-13-14-27-25(19-24)28(26(20-31-27)22-7-3-1-4-8-22)23-11-9-21(10-12-23)15-18-29-16-5-2-6-17-29/h1,3-4,7-14,19,26,28,30H,2,5-6,15-18,20H2/t26-,28-/m0/s1. The summed E-state index contributed by atoms with van der Waals surface area (Å²) in [6, 6.07) is 25.2. The molecule has 3 nitrogen and oxygen atoms in total. The van der Waals surface area contributed by atoms with E-state index in [1.165, 1.54) is 49.0 Å². The number of likely N-dealkylation sites (tertiary alicyclic amines) is 1. The summed E-state index contributed by atoms with van der Waals surface area (Å²) >= 11 is 0. The maximum Gasteiger partial charge on any atom is 0.123 e. The van der Waals surface area contributed by atoms with Crippen LogP contribution in [0.25, 0.3) is 0 Å². The van der Waals surface area contributed by atoms with Crippen LogP contribution in [0.15, 0.2) is 72.8 Å². The highest BCUT2D eigenvalue weighted by atomic mass is 16.5. The number of hydrogen-bond donors (Lipinski definition) is 1. The predicted octanol–water partition coefficient (Wildman–Crippen LogP) is 5.73. The van der Waals surface area contributed by atoms with Crippen molar-refractivity contribution in [1.29, 1.82) is 0 Å². The number of ether oxygens (including phenoxy) is 1. The van der Waals surface area contributed by atoms with Crippen LogP contribution in [-0.4, -0.2) is 36.2 Å². The predicted molar refractivity (Wildman–Crippen MR) is 125 cm³/mol. The normalized spacial score (nSPS) is 21.3. The molecule has 1 N–H and O–H groups in total. The minimum atomic E-state index is 0.161. The van der Waals surface area contributed by atoms with Gasteiger partial charge in [0.15, 0.2) is 0 Å². The molecule has 2 aliphatic heterocycles. The zero-order valence-corrected chi connectivity index (χ0v) is 18.0. The number of hydrogen-bond acceptors (Lipinski definition) is 3. The molecule has 0 unspecified atom stereocenters. The minimum absolute atomic E-state index is 0.161. The summed E-state index contributed by atoms with van der Waals surface area (Å²) in [4.78, 5) is 2.60. The Morgan fingerprint density at radius 2 is 1.61 bits per heavy atom. The van der Waals surface area contributed by atoms with Crippen molar-refractivity contribution in [3.63, 3.8) is 0 Å². The first kappa shape index (κ1) is 20.1. The van der Waals surface area contributed by atoms with Gasteiger partial charge in [0.25, 0.3) is 0 Å². The Bertz CT molecular complexity index is 993. The highest BCUT2D eigenvalue weighted by Crippen LogP contribution is 2.46. The third-order valence-electron chi connectivity index (χ3n) is 6.88. The molecule has 3 heteroatoms. The van der Waals surface area contributed by atoms with Crippen molar-refractivity contribution >= 4 is 0 Å². The van der Waals surface area contributed by atoms with E-state index in [9.17, 15) is 5.11 Å². The van der Waals surface area contributed by atoms with Crippen LogP contribution in [-0.2, 0) is 6.42 Å². The number of phenolic OH excluding ortho intramolecular Hbond substituents is 1. The van der Waals surface area contributed by atoms with Crippen LogP contribution in [0.3, 0.4) is 0 Å². The maximum atomic E-state index is 10.2. The number of benzene rings is 3. The van der Waals surface area contributed by atoms with Crippen LogP contribution in [0.1, 0.15) is 53.4 Å². The van der Waals surface area contributed by atoms with Gasteiger partial charge in [-0.2, -0.15) is 0 Å². The number of phenols is 1. The molecule has 3 aromatic carbocycles. The zero-order valence-electron chi connectivity index (χ0n) is 18.0. The Kier molecular flexibility index (Phi) is 5.95. The van der Waals surface area contributed by atoms with Gasteiger partial charge in [0, 0.05) is 23.9 Å². The van der Waals surface area contributed by atoms with E-state index in [0.717, 1.165) is 24.3 Å².